The van der Waals surface area contributed by atoms with Gasteiger partial charge in [-0.2, -0.15) is 0 Å². The second-order valence-electron chi connectivity index (χ2n) is 7.61. The smallest absolute Gasteiger partial charge is 0.191 e. The molecule has 1 aromatic carbocycles. The third-order valence-corrected chi connectivity index (χ3v) is 5.57. The van der Waals surface area contributed by atoms with Crippen molar-refractivity contribution in [2.24, 2.45) is 10.4 Å². The predicted molar refractivity (Wildman–Crippen MR) is 128 cm³/mol. The topological polar surface area (TPSA) is 65.9 Å². The Morgan fingerprint density at radius 1 is 1.14 bits per heavy atom. The quantitative estimate of drug-likeness (QED) is 0.195. The van der Waals surface area contributed by atoms with Gasteiger partial charge in [-0.1, -0.05) is 31.4 Å². The van der Waals surface area contributed by atoms with Gasteiger partial charge in [0.25, 0.3) is 0 Å². The number of halogens is 1. The van der Waals surface area contributed by atoms with Gasteiger partial charge in [0, 0.05) is 26.2 Å². The number of aliphatic imine (C=N–C) groups is 1. The summed E-state index contributed by atoms with van der Waals surface area (Å²) in [7, 11) is 1.69. The Hall–Kier alpha value is -1.02. The van der Waals surface area contributed by atoms with Gasteiger partial charge >= 0.3 is 0 Å². The van der Waals surface area contributed by atoms with Gasteiger partial charge in [0.05, 0.1) is 7.11 Å². The highest BCUT2D eigenvalue weighted by molar-refractivity contribution is 14.0. The molecule has 0 unspecified atom stereocenters. The summed E-state index contributed by atoms with van der Waals surface area (Å²) in [5.41, 5.74) is 1.52. The molecule has 1 fully saturated rings. The Morgan fingerprint density at radius 3 is 2.46 bits per heavy atom. The van der Waals surface area contributed by atoms with Crippen molar-refractivity contribution < 1.29 is 9.84 Å². The number of nitrogens with one attached hydrogen (secondary N) is 2. The van der Waals surface area contributed by atoms with Crippen LogP contribution in [-0.4, -0.2) is 44.4 Å². The molecule has 0 radical (unpaired) electrons. The first kappa shape index (κ1) is 25.0. The number of guanidine groups is 1. The minimum Gasteiger partial charge on any atom is -0.497 e. The third-order valence-electron chi connectivity index (χ3n) is 5.57. The molecule has 0 aromatic heterocycles. The monoisotopic (exact) mass is 503 g/mol. The molecule has 0 bridgehead atoms. The SMILES string of the molecule is CCNC(=NCC1(CCO)CCCCC1)NCCCc1ccc(OC)cc1.I. The number of aliphatic hydroxyl groups excluding tert-OH is 1. The molecule has 5 nitrogen and oxygen atoms in total. The summed E-state index contributed by atoms with van der Waals surface area (Å²) >= 11 is 0. The number of hydrogen-bond acceptors (Lipinski definition) is 3. The maximum atomic E-state index is 9.48. The van der Waals surface area contributed by atoms with Crippen molar-refractivity contribution in [2.75, 3.05) is 33.4 Å². The van der Waals surface area contributed by atoms with Crippen molar-refractivity contribution in [2.45, 2.75) is 58.3 Å². The molecule has 0 amide bonds. The van der Waals surface area contributed by atoms with E-state index in [-0.39, 0.29) is 36.0 Å². The van der Waals surface area contributed by atoms with E-state index in [2.05, 4.69) is 29.7 Å². The van der Waals surface area contributed by atoms with Crippen LogP contribution in [0.3, 0.4) is 0 Å². The summed E-state index contributed by atoms with van der Waals surface area (Å²) in [4.78, 5) is 4.86. The second kappa shape index (κ2) is 14.0. The lowest BCUT2D eigenvalue weighted by atomic mass is 9.72. The third kappa shape index (κ3) is 8.55. The fourth-order valence-electron chi connectivity index (χ4n) is 3.91. The number of aliphatic hydroxyl groups is 1. The van der Waals surface area contributed by atoms with Crippen LogP contribution in [0.25, 0.3) is 0 Å². The number of nitrogens with zero attached hydrogens (tertiary/aromatic N) is 1. The van der Waals surface area contributed by atoms with E-state index in [1.165, 1.54) is 37.7 Å². The molecule has 2 rings (SSSR count). The molecule has 0 saturated heterocycles. The van der Waals surface area contributed by atoms with Crippen molar-refractivity contribution in [1.29, 1.82) is 0 Å². The number of methoxy groups -OCH3 is 1. The number of hydrogen-bond donors (Lipinski definition) is 3. The summed E-state index contributed by atoms with van der Waals surface area (Å²) < 4.78 is 5.20. The van der Waals surface area contributed by atoms with Gasteiger partial charge in [0.15, 0.2) is 5.96 Å². The lowest BCUT2D eigenvalue weighted by molar-refractivity contribution is 0.137. The fourth-order valence-corrected chi connectivity index (χ4v) is 3.91. The minimum absolute atomic E-state index is 0. The summed E-state index contributed by atoms with van der Waals surface area (Å²) in [5.74, 6) is 1.80. The average Bonchev–Trinajstić information content (AvgIpc) is 2.71. The Kier molecular flexibility index (Phi) is 12.5. The largest absolute Gasteiger partial charge is 0.497 e. The van der Waals surface area contributed by atoms with Crippen LogP contribution in [0.1, 0.15) is 57.4 Å². The number of ether oxygens (including phenoxy) is 1. The van der Waals surface area contributed by atoms with Crippen molar-refractivity contribution in [1.82, 2.24) is 10.6 Å². The normalized spacial score (nSPS) is 16.2. The van der Waals surface area contributed by atoms with Crippen LogP contribution in [0, 0.1) is 5.41 Å². The molecule has 1 aliphatic rings. The van der Waals surface area contributed by atoms with Gasteiger partial charge in [0.2, 0.25) is 0 Å². The maximum Gasteiger partial charge on any atom is 0.191 e. The Balaban J connectivity index is 0.00000392. The van der Waals surface area contributed by atoms with Gasteiger partial charge in [-0.3, -0.25) is 4.99 Å². The molecule has 28 heavy (non-hydrogen) atoms. The summed E-state index contributed by atoms with van der Waals surface area (Å²) in [6.45, 7) is 4.92. The van der Waals surface area contributed by atoms with E-state index in [9.17, 15) is 5.11 Å². The fraction of sp³-hybridized carbons (Fsp3) is 0.682. The van der Waals surface area contributed by atoms with Crippen LogP contribution in [0.4, 0.5) is 0 Å². The van der Waals surface area contributed by atoms with Crippen LogP contribution in [0.5, 0.6) is 5.75 Å². The molecule has 0 atom stereocenters. The first-order chi connectivity index (χ1) is 13.2. The number of rotatable bonds is 10. The highest BCUT2D eigenvalue weighted by atomic mass is 127. The molecule has 1 saturated carbocycles. The first-order valence-electron chi connectivity index (χ1n) is 10.5. The lowest BCUT2D eigenvalue weighted by Crippen LogP contribution is -2.39. The summed E-state index contributed by atoms with van der Waals surface area (Å²) in [6.07, 6.45) is 9.18. The molecule has 160 valence electrons. The molecule has 6 heteroatoms. The van der Waals surface area contributed by atoms with Crippen LogP contribution >= 0.6 is 24.0 Å². The molecule has 1 aliphatic carbocycles. The highest BCUT2D eigenvalue weighted by Gasteiger charge is 2.31. The van der Waals surface area contributed by atoms with Gasteiger partial charge < -0.3 is 20.5 Å². The second-order valence-corrected chi connectivity index (χ2v) is 7.61. The molecular formula is C22H38IN3O2. The molecule has 0 spiro atoms. The minimum atomic E-state index is 0. The van der Waals surface area contributed by atoms with Gasteiger partial charge in [0.1, 0.15) is 5.75 Å². The van der Waals surface area contributed by atoms with E-state index < -0.39 is 0 Å². The van der Waals surface area contributed by atoms with Gasteiger partial charge in [-0.05, 0) is 62.1 Å². The average molecular weight is 503 g/mol. The highest BCUT2D eigenvalue weighted by Crippen LogP contribution is 2.39. The zero-order chi connectivity index (χ0) is 19.4. The van der Waals surface area contributed by atoms with Crippen LogP contribution < -0.4 is 15.4 Å². The van der Waals surface area contributed by atoms with Gasteiger partial charge in [-0.25, -0.2) is 0 Å². The van der Waals surface area contributed by atoms with Crippen molar-refractivity contribution in [3.05, 3.63) is 29.8 Å². The Morgan fingerprint density at radius 2 is 1.86 bits per heavy atom. The zero-order valence-electron chi connectivity index (χ0n) is 17.5. The molecular weight excluding hydrogens is 465 g/mol. The molecule has 0 aliphatic heterocycles. The molecule has 0 heterocycles. The zero-order valence-corrected chi connectivity index (χ0v) is 19.8. The van der Waals surface area contributed by atoms with Crippen molar-refractivity contribution in [3.8, 4) is 5.75 Å². The van der Waals surface area contributed by atoms with Crippen LogP contribution in [-0.2, 0) is 6.42 Å². The predicted octanol–water partition coefficient (Wildman–Crippen LogP) is 4.13. The lowest BCUT2D eigenvalue weighted by Gasteiger charge is -2.35. The van der Waals surface area contributed by atoms with Crippen LogP contribution in [0.2, 0.25) is 0 Å². The van der Waals surface area contributed by atoms with E-state index in [4.69, 9.17) is 9.73 Å². The van der Waals surface area contributed by atoms with E-state index in [1.807, 2.05) is 12.1 Å². The van der Waals surface area contributed by atoms with Gasteiger partial charge in [-0.15, -0.1) is 24.0 Å². The van der Waals surface area contributed by atoms with E-state index in [0.717, 1.165) is 50.6 Å². The Labute approximate surface area is 187 Å². The number of aryl methyl sites for hydroxylation is 1. The standard InChI is InChI=1S/C22H37N3O2.HI/c1-3-23-21(25-18-22(15-17-26)13-5-4-6-14-22)24-16-7-8-19-9-11-20(27-2)12-10-19;/h9-12,26H,3-8,13-18H2,1-2H3,(H2,23,24,25);1H. The van der Waals surface area contributed by atoms with Crippen molar-refractivity contribution in [3.63, 3.8) is 0 Å². The van der Waals surface area contributed by atoms with E-state index >= 15 is 0 Å². The number of benzene rings is 1. The first-order valence-corrected chi connectivity index (χ1v) is 10.5. The summed E-state index contributed by atoms with van der Waals surface area (Å²) in [5, 5.41) is 16.3. The summed E-state index contributed by atoms with van der Waals surface area (Å²) in [6, 6.07) is 8.28. The van der Waals surface area contributed by atoms with E-state index in [1.54, 1.807) is 7.11 Å². The van der Waals surface area contributed by atoms with Crippen molar-refractivity contribution >= 4 is 29.9 Å². The molecule has 3 N–H and O–H groups in total. The Bertz CT molecular complexity index is 552. The van der Waals surface area contributed by atoms with E-state index in [0.29, 0.717) is 0 Å². The molecule has 1 aromatic rings. The van der Waals surface area contributed by atoms with Crippen LogP contribution in [0.15, 0.2) is 29.3 Å². The maximum absolute atomic E-state index is 9.48.